The van der Waals surface area contributed by atoms with Crippen molar-refractivity contribution in [3.05, 3.63) is 58.9 Å². The molecule has 21 heavy (non-hydrogen) atoms. The van der Waals surface area contributed by atoms with Gasteiger partial charge >= 0.3 is 0 Å². The fraction of sp³-hybridized carbons (Fsp3) is 0.235. The Morgan fingerprint density at radius 3 is 2.48 bits per heavy atom. The Bertz CT molecular complexity index is 682. The van der Waals surface area contributed by atoms with E-state index in [0.29, 0.717) is 17.8 Å². The zero-order valence-corrected chi connectivity index (χ0v) is 12.5. The minimum atomic E-state index is -0.513. The predicted octanol–water partition coefficient (Wildman–Crippen LogP) is 3.69. The maximum absolute atomic E-state index is 14.2. The topological polar surface area (TPSA) is 46.3 Å². The average molecular weight is 286 g/mol. The minimum Gasteiger partial charge on any atom is -0.399 e. The van der Waals surface area contributed by atoms with E-state index < -0.39 is 5.82 Å². The molecule has 2 rings (SSSR count). The lowest BCUT2D eigenvalue weighted by molar-refractivity contribution is 0.0984. The number of carbonyl (C=O) groups excluding carboxylic acids is 1. The molecule has 0 heterocycles. The van der Waals surface area contributed by atoms with E-state index in [9.17, 15) is 9.18 Å². The molecule has 2 aromatic carbocycles. The van der Waals surface area contributed by atoms with Crippen molar-refractivity contribution in [2.24, 2.45) is 0 Å². The van der Waals surface area contributed by atoms with Crippen LogP contribution in [-0.2, 0) is 0 Å². The molecule has 0 spiro atoms. The molecular weight excluding hydrogens is 267 g/mol. The summed E-state index contributed by atoms with van der Waals surface area (Å²) >= 11 is 0. The van der Waals surface area contributed by atoms with Crippen LogP contribution in [0.1, 0.15) is 28.4 Å². The molecule has 0 aliphatic rings. The van der Waals surface area contributed by atoms with E-state index in [0.717, 1.165) is 11.3 Å². The lowest BCUT2D eigenvalue weighted by Gasteiger charge is -2.23. The normalized spacial score (nSPS) is 10.5. The van der Waals surface area contributed by atoms with Crippen molar-refractivity contribution in [2.45, 2.75) is 20.8 Å². The van der Waals surface area contributed by atoms with Gasteiger partial charge in [-0.05, 0) is 50.1 Å². The molecule has 0 saturated carbocycles. The van der Waals surface area contributed by atoms with Crippen LogP contribution in [0.2, 0.25) is 0 Å². The van der Waals surface area contributed by atoms with Gasteiger partial charge in [0.05, 0.1) is 5.56 Å². The number of nitrogens with zero attached hydrogens (tertiary/aromatic N) is 1. The van der Waals surface area contributed by atoms with Crippen molar-refractivity contribution in [1.29, 1.82) is 0 Å². The Hall–Kier alpha value is -2.36. The number of nitrogens with two attached hydrogens (primary N) is 1. The smallest absolute Gasteiger partial charge is 0.261 e. The van der Waals surface area contributed by atoms with Gasteiger partial charge in [0.1, 0.15) is 5.82 Å². The standard InChI is InChI=1S/C17H19FN2O/c1-4-20(15-8-6-5-7-11(15)2)17(21)14-10-13(19)9-12(3)16(14)18/h5-10H,4,19H2,1-3H3. The van der Waals surface area contributed by atoms with E-state index >= 15 is 0 Å². The average Bonchev–Trinajstić information content (AvgIpc) is 2.45. The molecule has 0 saturated heterocycles. The molecule has 2 aromatic rings. The van der Waals surface area contributed by atoms with Crippen molar-refractivity contribution in [1.82, 2.24) is 0 Å². The van der Waals surface area contributed by atoms with Crippen molar-refractivity contribution in [2.75, 3.05) is 17.2 Å². The van der Waals surface area contributed by atoms with Crippen LogP contribution in [0.25, 0.3) is 0 Å². The molecule has 0 bridgehead atoms. The number of hydrogen-bond acceptors (Lipinski definition) is 2. The van der Waals surface area contributed by atoms with Crippen LogP contribution in [0.15, 0.2) is 36.4 Å². The zero-order chi connectivity index (χ0) is 15.6. The second-order valence-electron chi connectivity index (χ2n) is 5.04. The van der Waals surface area contributed by atoms with Crippen molar-refractivity contribution < 1.29 is 9.18 Å². The molecule has 0 radical (unpaired) electrons. The first-order chi connectivity index (χ1) is 9.95. The van der Waals surface area contributed by atoms with Gasteiger partial charge in [-0.3, -0.25) is 4.79 Å². The highest BCUT2D eigenvalue weighted by Crippen LogP contribution is 2.24. The quantitative estimate of drug-likeness (QED) is 0.875. The van der Waals surface area contributed by atoms with Crippen molar-refractivity contribution in [3.8, 4) is 0 Å². The Morgan fingerprint density at radius 2 is 1.86 bits per heavy atom. The maximum Gasteiger partial charge on any atom is 0.261 e. The third-order valence-electron chi connectivity index (χ3n) is 3.47. The number of aryl methyl sites for hydroxylation is 2. The van der Waals surface area contributed by atoms with Crippen molar-refractivity contribution in [3.63, 3.8) is 0 Å². The third-order valence-corrected chi connectivity index (χ3v) is 3.47. The fourth-order valence-electron chi connectivity index (χ4n) is 2.39. The van der Waals surface area contributed by atoms with Gasteiger partial charge < -0.3 is 10.6 Å². The van der Waals surface area contributed by atoms with Crippen LogP contribution < -0.4 is 10.6 Å². The van der Waals surface area contributed by atoms with E-state index in [1.807, 2.05) is 38.1 Å². The van der Waals surface area contributed by atoms with Gasteiger partial charge in [-0.1, -0.05) is 18.2 Å². The Labute approximate surface area is 124 Å². The Balaban J connectivity index is 2.49. The summed E-state index contributed by atoms with van der Waals surface area (Å²) in [6.07, 6.45) is 0. The molecule has 3 nitrogen and oxygen atoms in total. The fourth-order valence-corrected chi connectivity index (χ4v) is 2.39. The van der Waals surface area contributed by atoms with Gasteiger partial charge in [-0.15, -0.1) is 0 Å². The number of hydrogen-bond donors (Lipinski definition) is 1. The number of nitrogen functional groups attached to an aromatic ring is 1. The van der Waals surface area contributed by atoms with Crippen LogP contribution in [0.5, 0.6) is 0 Å². The first kappa shape index (κ1) is 15.0. The molecule has 0 fully saturated rings. The van der Waals surface area contributed by atoms with E-state index in [4.69, 9.17) is 5.73 Å². The summed E-state index contributed by atoms with van der Waals surface area (Å²) < 4.78 is 14.2. The van der Waals surface area contributed by atoms with Gasteiger partial charge in [-0.25, -0.2) is 4.39 Å². The van der Waals surface area contributed by atoms with E-state index in [-0.39, 0.29) is 11.5 Å². The highest BCUT2D eigenvalue weighted by molar-refractivity contribution is 6.07. The molecule has 110 valence electrons. The molecule has 0 aromatic heterocycles. The Kier molecular flexibility index (Phi) is 4.26. The van der Waals surface area contributed by atoms with Gasteiger partial charge in [0, 0.05) is 17.9 Å². The summed E-state index contributed by atoms with van der Waals surface area (Å²) in [4.78, 5) is 14.2. The van der Waals surface area contributed by atoms with Crippen LogP contribution in [0.4, 0.5) is 15.8 Å². The summed E-state index contributed by atoms with van der Waals surface area (Å²) in [5.74, 6) is -0.888. The first-order valence-corrected chi connectivity index (χ1v) is 6.88. The van der Waals surface area contributed by atoms with Crippen LogP contribution in [0, 0.1) is 19.7 Å². The number of halogens is 1. The van der Waals surface area contributed by atoms with Crippen molar-refractivity contribution >= 4 is 17.3 Å². The van der Waals surface area contributed by atoms with Gasteiger partial charge in [0.2, 0.25) is 0 Å². The summed E-state index contributed by atoms with van der Waals surface area (Å²) in [5.41, 5.74) is 8.26. The summed E-state index contributed by atoms with van der Waals surface area (Å²) in [6, 6.07) is 10.5. The number of rotatable bonds is 3. The highest BCUT2D eigenvalue weighted by Gasteiger charge is 2.22. The van der Waals surface area contributed by atoms with Gasteiger partial charge in [-0.2, -0.15) is 0 Å². The lowest BCUT2D eigenvalue weighted by Crippen LogP contribution is -2.32. The second-order valence-corrected chi connectivity index (χ2v) is 5.04. The predicted molar refractivity (Wildman–Crippen MR) is 84.1 cm³/mol. The second kappa shape index (κ2) is 5.95. The molecule has 0 aliphatic carbocycles. The molecule has 1 amide bonds. The highest BCUT2D eigenvalue weighted by atomic mass is 19.1. The maximum atomic E-state index is 14.2. The number of anilines is 2. The summed E-state index contributed by atoms with van der Waals surface area (Å²) in [5, 5.41) is 0. The van der Waals surface area contributed by atoms with Gasteiger partial charge in [0.25, 0.3) is 5.91 Å². The largest absolute Gasteiger partial charge is 0.399 e. The number of amides is 1. The monoisotopic (exact) mass is 286 g/mol. The molecule has 0 atom stereocenters. The van der Waals surface area contributed by atoms with E-state index in [1.54, 1.807) is 11.8 Å². The molecule has 0 unspecified atom stereocenters. The number of carbonyl (C=O) groups is 1. The van der Waals surface area contributed by atoms with Crippen LogP contribution in [-0.4, -0.2) is 12.5 Å². The van der Waals surface area contributed by atoms with E-state index in [1.165, 1.54) is 12.1 Å². The molecule has 0 aliphatic heterocycles. The number of para-hydroxylation sites is 1. The zero-order valence-electron chi connectivity index (χ0n) is 12.5. The van der Waals surface area contributed by atoms with Crippen LogP contribution in [0.3, 0.4) is 0 Å². The summed E-state index contributed by atoms with van der Waals surface area (Å²) in [7, 11) is 0. The SMILES string of the molecule is CCN(C(=O)c1cc(N)cc(C)c1F)c1ccccc1C. The molecular formula is C17H19FN2O. The Morgan fingerprint density at radius 1 is 1.19 bits per heavy atom. The first-order valence-electron chi connectivity index (χ1n) is 6.88. The lowest BCUT2D eigenvalue weighted by atomic mass is 10.1. The minimum absolute atomic E-state index is 0.0117. The van der Waals surface area contributed by atoms with Crippen LogP contribution >= 0.6 is 0 Å². The number of benzene rings is 2. The summed E-state index contributed by atoms with van der Waals surface area (Å²) in [6.45, 7) is 5.84. The van der Waals surface area contributed by atoms with Gasteiger partial charge in [0.15, 0.2) is 0 Å². The third kappa shape index (κ3) is 2.89. The van der Waals surface area contributed by atoms with E-state index in [2.05, 4.69) is 0 Å². The molecule has 2 N–H and O–H groups in total. The molecule has 4 heteroatoms.